The molecule has 2 aliphatic heterocycles. The molecule has 3 aromatic rings. The number of carbonyl (C=O) groups is 1. The normalized spacial score (nSPS) is 18.3. The van der Waals surface area contributed by atoms with Gasteiger partial charge in [-0.3, -0.25) is 0 Å². The van der Waals surface area contributed by atoms with Crippen molar-refractivity contribution in [1.29, 1.82) is 0 Å². The molecular weight excluding hydrogens is 462 g/mol. The molecule has 6 heteroatoms. The standard InChI is InChI=1S/C29H28ClNO4/c30-23-10-8-22(9-11-23)29(34)13-16-31(17-14-29)15-3-6-25-24-5-2-1-4-21(24)19-35-27-12-7-20(28(32)33)18-26(25)27/h1-2,4-12,18,34H,3,13-17,19H2,(H,32,33). The molecule has 3 aromatic carbocycles. The molecule has 0 radical (unpaired) electrons. The van der Waals surface area contributed by atoms with E-state index in [9.17, 15) is 15.0 Å². The monoisotopic (exact) mass is 489 g/mol. The lowest BCUT2D eigenvalue weighted by molar-refractivity contribution is -0.0254. The average Bonchev–Trinajstić information content (AvgIpc) is 3.02. The number of piperidine rings is 1. The van der Waals surface area contributed by atoms with E-state index in [0.717, 1.165) is 53.9 Å². The summed E-state index contributed by atoms with van der Waals surface area (Å²) >= 11 is 6.01. The van der Waals surface area contributed by atoms with Gasteiger partial charge in [0.1, 0.15) is 12.4 Å². The van der Waals surface area contributed by atoms with Crippen LogP contribution >= 0.6 is 11.6 Å². The van der Waals surface area contributed by atoms with Crippen LogP contribution in [0, 0.1) is 0 Å². The molecule has 0 amide bonds. The Morgan fingerprint density at radius 2 is 1.77 bits per heavy atom. The van der Waals surface area contributed by atoms with Gasteiger partial charge < -0.3 is 19.8 Å². The van der Waals surface area contributed by atoms with Crippen molar-refractivity contribution < 1.29 is 19.7 Å². The quantitative estimate of drug-likeness (QED) is 0.478. The second kappa shape index (κ2) is 9.86. The second-order valence-electron chi connectivity index (χ2n) is 9.25. The minimum Gasteiger partial charge on any atom is -0.488 e. The molecule has 0 saturated carbocycles. The maximum Gasteiger partial charge on any atom is 0.335 e. The highest BCUT2D eigenvalue weighted by Gasteiger charge is 2.33. The number of aromatic carboxylic acids is 1. The highest BCUT2D eigenvalue weighted by Crippen LogP contribution is 2.38. The van der Waals surface area contributed by atoms with Gasteiger partial charge in [-0.15, -0.1) is 0 Å². The molecule has 2 heterocycles. The van der Waals surface area contributed by atoms with Crippen LogP contribution < -0.4 is 4.74 Å². The first-order chi connectivity index (χ1) is 16.9. The van der Waals surface area contributed by atoms with Gasteiger partial charge in [-0.05, 0) is 71.9 Å². The number of benzene rings is 3. The van der Waals surface area contributed by atoms with Crippen LogP contribution in [0.1, 0.15) is 51.9 Å². The molecule has 2 aliphatic rings. The molecular formula is C29H28ClNO4. The zero-order chi connectivity index (χ0) is 24.4. The summed E-state index contributed by atoms with van der Waals surface area (Å²) in [5.74, 6) is -0.255. The number of carboxylic acid groups (broad SMARTS) is 1. The van der Waals surface area contributed by atoms with Crippen molar-refractivity contribution in [3.63, 3.8) is 0 Å². The van der Waals surface area contributed by atoms with E-state index in [2.05, 4.69) is 23.1 Å². The van der Waals surface area contributed by atoms with Crippen LogP contribution in [0.2, 0.25) is 5.02 Å². The van der Waals surface area contributed by atoms with E-state index in [1.807, 2.05) is 36.4 Å². The minimum atomic E-state index is -0.953. The summed E-state index contributed by atoms with van der Waals surface area (Å²) in [6.45, 7) is 2.92. The molecule has 0 bridgehead atoms. The first-order valence-electron chi connectivity index (χ1n) is 11.9. The number of rotatable bonds is 5. The van der Waals surface area contributed by atoms with Gasteiger partial charge >= 0.3 is 5.97 Å². The zero-order valence-corrected chi connectivity index (χ0v) is 20.2. The number of carboxylic acids is 1. The van der Waals surface area contributed by atoms with Gasteiger partial charge in [-0.2, -0.15) is 0 Å². The molecule has 0 spiro atoms. The number of ether oxygens (including phenoxy) is 1. The minimum absolute atomic E-state index is 0.246. The number of likely N-dealkylation sites (tertiary alicyclic amines) is 1. The summed E-state index contributed by atoms with van der Waals surface area (Å²) in [7, 11) is 0. The van der Waals surface area contributed by atoms with Gasteiger partial charge in [-0.25, -0.2) is 4.79 Å². The molecule has 0 aliphatic carbocycles. The summed E-state index contributed by atoms with van der Waals surface area (Å²) < 4.78 is 6.03. The topological polar surface area (TPSA) is 70.0 Å². The van der Waals surface area contributed by atoms with Crippen molar-refractivity contribution in [2.75, 3.05) is 19.6 Å². The summed E-state index contributed by atoms with van der Waals surface area (Å²) in [6.07, 6.45) is 4.34. The fourth-order valence-electron chi connectivity index (χ4n) is 5.02. The molecule has 0 unspecified atom stereocenters. The molecule has 35 heavy (non-hydrogen) atoms. The maximum absolute atomic E-state index is 11.6. The molecule has 5 rings (SSSR count). The van der Waals surface area contributed by atoms with E-state index < -0.39 is 11.6 Å². The lowest BCUT2D eigenvalue weighted by Crippen LogP contribution is -2.42. The summed E-state index contributed by atoms with van der Waals surface area (Å²) in [5, 5.41) is 21.4. The van der Waals surface area contributed by atoms with Gasteiger partial charge in [0.25, 0.3) is 0 Å². The first kappa shape index (κ1) is 23.6. The molecule has 0 atom stereocenters. The van der Waals surface area contributed by atoms with Gasteiger partial charge in [0, 0.05) is 30.2 Å². The Morgan fingerprint density at radius 1 is 1.03 bits per heavy atom. The van der Waals surface area contributed by atoms with Gasteiger partial charge in [0.05, 0.1) is 11.2 Å². The number of hydrogen-bond acceptors (Lipinski definition) is 4. The fraction of sp³-hybridized carbons (Fsp3) is 0.276. The Bertz CT molecular complexity index is 1260. The van der Waals surface area contributed by atoms with Crippen LogP contribution in [0.5, 0.6) is 5.75 Å². The van der Waals surface area contributed by atoms with E-state index >= 15 is 0 Å². The number of halogens is 1. The molecule has 1 saturated heterocycles. The van der Waals surface area contributed by atoms with Crippen LogP contribution in [0.25, 0.3) is 5.57 Å². The van der Waals surface area contributed by atoms with E-state index in [4.69, 9.17) is 16.3 Å². The number of aliphatic hydroxyl groups is 1. The van der Waals surface area contributed by atoms with Crippen molar-refractivity contribution in [3.8, 4) is 5.75 Å². The summed E-state index contributed by atoms with van der Waals surface area (Å²) in [4.78, 5) is 14.0. The van der Waals surface area contributed by atoms with E-state index in [-0.39, 0.29) is 5.56 Å². The number of hydrogen-bond donors (Lipinski definition) is 2. The van der Waals surface area contributed by atoms with Crippen molar-refractivity contribution in [2.45, 2.75) is 31.5 Å². The predicted molar refractivity (Wildman–Crippen MR) is 137 cm³/mol. The number of fused-ring (bicyclic) bond motifs is 2. The summed E-state index contributed by atoms with van der Waals surface area (Å²) in [5.41, 5.74) is 4.32. The van der Waals surface area contributed by atoms with Gasteiger partial charge in [0.2, 0.25) is 0 Å². The molecule has 1 fully saturated rings. The SMILES string of the molecule is O=C(O)c1ccc2c(c1)C(=CCCN1CCC(O)(c3ccc(Cl)cc3)CC1)c1ccccc1CO2. The Balaban J connectivity index is 1.33. The lowest BCUT2D eigenvalue weighted by Gasteiger charge is -2.38. The zero-order valence-electron chi connectivity index (χ0n) is 19.4. The van der Waals surface area contributed by atoms with Gasteiger partial charge in [-0.1, -0.05) is 54.1 Å². The van der Waals surface area contributed by atoms with E-state index in [1.165, 1.54) is 0 Å². The molecule has 180 valence electrons. The third kappa shape index (κ3) is 4.98. The Morgan fingerprint density at radius 3 is 2.51 bits per heavy atom. The van der Waals surface area contributed by atoms with Crippen molar-refractivity contribution in [2.24, 2.45) is 0 Å². The predicted octanol–water partition coefficient (Wildman–Crippen LogP) is 5.74. The molecule has 0 aromatic heterocycles. The molecule has 5 nitrogen and oxygen atoms in total. The van der Waals surface area contributed by atoms with Crippen LogP contribution in [0.4, 0.5) is 0 Å². The highest BCUT2D eigenvalue weighted by molar-refractivity contribution is 6.30. The Hall–Kier alpha value is -3.12. The fourth-order valence-corrected chi connectivity index (χ4v) is 5.14. The summed E-state index contributed by atoms with van der Waals surface area (Å²) in [6, 6.07) is 20.6. The van der Waals surface area contributed by atoms with E-state index in [0.29, 0.717) is 30.2 Å². The maximum atomic E-state index is 11.6. The van der Waals surface area contributed by atoms with Crippen molar-refractivity contribution in [1.82, 2.24) is 4.90 Å². The third-order valence-electron chi connectivity index (χ3n) is 7.07. The number of nitrogens with zero attached hydrogens (tertiary/aromatic N) is 1. The second-order valence-corrected chi connectivity index (χ2v) is 9.68. The Kier molecular flexibility index (Phi) is 6.65. The largest absolute Gasteiger partial charge is 0.488 e. The van der Waals surface area contributed by atoms with Gasteiger partial charge in [0.15, 0.2) is 0 Å². The van der Waals surface area contributed by atoms with Crippen LogP contribution in [-0.2, 0) is 12.2 Å². The lowest BCUT2D eigenvalue weighted by atomic mass is 9.84. The van der Waals surface area contributed by atoms with Crippen molar-refractivity contribution in [3.05, 3.63) is 106 Å². The Labute approximate surface area is 210 Å². The van der Waals surface area contributed by atoms with Crippen LogP contribution in [-0.4, -0.2) is 40.7 Å². The van der Waals surface area contributed by atoms with Crippen LogP contribution in [0.15, 0.2) is 72.8 Å². The third-order valence-corrected chi connectivity index (χ3v) is 7.32. The highest BCUT2D eigenvalue weighted by atomic mass is 35.5. The first-order valence-corrected chi connectivity index (χ1v) is 12.3. The van der Waals surface area contributed by atoms with E-state index in [1.54, 1.807) is 18.2 Å². The smallest absolute Gasteiger partial charge is 0.335 e. The molecule has 2 N–H and O–H groups in total. The average molecular weight is 490 g/mol. The van der Waals surface area contributed by atoms with Crippen molar-refractivity contribution >= 4 is 23.1 Å². The van der Waals surface area contributed by atoms with Crippen LogP contribution in [0.3, 0.4) is 0 Å².